The van der Waals surface area contributed by atoms with Crippen LogP contribution in [0.4, 0.5) is 0 Å². The van der Waals surface area contributed by atoms with Gasteiger partial charge in [-0.2, -0.15) is 14.6 Å². The van der Waals surface area contributed by atoms with Gasteiger partial charge in [-0.15, -0.1) is 0 Å². The van der Waals surface area contributed by atoms with Gasteiger partial charge in [0, 0.05) is 18.1 Å². The average molecular weight is 293 g/mol. The summed E-state index contributed by atoms with van der Waals surface area (Å²) in [5.74, 6) is 1.49. The zero-order valence-corrected chi connectivity index (χ0v) is 12.4. The van der Waals surface area contributed by atoms with Crippen LogP contribution in [0.5, 0.6) is 5.75 Å². The fraction of sp³-hybridized carbons (Fsp3) is 0.188. The fourth-order valence-electron chi connectivity index (χ4n) is 2.71. The second-order valence-electron chi connectivity index (χ2n) is 5.20. The summed E-state index contributed by atoms with van der Waals surface area (Å²) in [5.41, 5.74) is 3.17. The van der Waals surface area contributed by atoms with Crippen LogP contribution in [-0.4, -0.2) is 31.3 Å². The van der Waals surface area contributed by atoms with E-state index in [4.69, 9.17) is 4.74 Å². The third kappa shape index (κ3) is 1.92. The van der Waals surface area contributed by atoms with Crippen LogP contribution >= 0.6 is 0 Å². The zero-order chi connectivity index (χ0) is 15.1. The molecule has 6 heteroatoms. The molecular weight excluding hydrogens is 278 g/mol. The molecule has 4 rings (SSSR count). The van der Waals surface area contributed by atoms with Crippen LogP contribution in [0, 0.1) is 6.92 Å². The number of aromatic nitrogens is 5. The Morgan fingerprint density at radius 1 is 1.14 bits per heavy atom. The van der Waals surface area contributed by atoms with E-state index in [1.54, 1.807) is 11.6 Å². The average Bonchev–Trinajstić information content (AvgIpc) is 3.15. The largest absolute Gasteiger partial charge is 0.497 e. The number of hydrogen-bond acceptors (Lipinski definition) is 4. The molecule has 0 N–H and O–H groups in total. The maximum absolute atomic E-state index is 5.20. The Bertz CT molecular complexity index is 952. The normalized spacial score (nSPS) is 11.4. The highest BCUT2D eigenvalue weighted by atomic mass is 16.5. The van der Waals surface area contributed by atoms with Gasteiger partial charge >= 0.3 is 0 Å². The molecule has 22 heavy (non-hydrogen) atoms. The smallest absolute Gasteiger partial charge is 0.254 e. The van der Waals surface area contributed by atoms with Crippen LogP contribution in [-0.2, 0) is 6.54 Å². The minimum Gasteiger partial charge on any atom is -0.497 e. The first-order chi connectivity index (χ1) is 10.8. The van der Waals surface area contributed by atoms with Crippen molar-refractivity contribution in [2.45, 2.75) is 13.5 Å². The maximum Gasteiger partial charge on any atom is 0.254 e. The molecule has 0 fully saturated rings. The summed E-state index contributed by atoms with van der Waals surface area (Å²) in [4.78, 5) is 8.66. The number of methoxy groups -OCH3 is 1. The van der Waals surface area contributed by atoms with Crippen LogP contribution in [0.1, 0.15) is 11.3 Å². The van der Waals surface area contributed by atoms with Gasteiger partial charge in [0.15, 0.2) is 0 Å². The van der Waals surface area contributed by atoms with Crippen LogP contribution in [0.25, 0.3) is 16.8 Å². The summed E-state index contributed by atoms with van der Waals surface area (Å²) in [6.45, 7) is 2.75. The van der Waals surface area contributed by atoms with E-state index < -0.39 is 0 Å². The van der Waals surface area contributed by atoms with Crippen molar-refractivity contribution < 1.29 is 4.74 Å². The standard InChI is InChI=1S/C16H15N5O/c1-11-14-7-8-20(9-12-3-5-13(22-2)6-4-12)15(14)21-16(19-11)17-10-18-21/h3-8,10H,9H2,1-2H3. The van der Waals surface area contributed by atoms with E-state index in [1.807, 2.05) is 19.1 Å². The molecule has 4 aromatic rings. The van der Waals surface area contributed by atoms with E-state index in [-0.39, 0.29) is 0 Å². The lowest BCUT2D eigenvalue weighted by atomic mass is 10.2. The van der Waals surface area contributed by atoms with Gasteiger partial charge in [0.05, 0.1) is 12.8 Å². The fourth-order valence-corrected chi connectivity index (χ4v) is 2.71. The van der Waals surface area contributed by atoms with Crippen molar-refractivity contribution in [3.63, 3.8) is 0 Å². The quantitative estimate of drug-likeness (QED) is 0.582. The molecular formula is C16H15N5O. The Morgan fingerprint density at radius 2 is 1.95 bits per heavy atom. The molecule has 0 unspecified atom stereocenters. The predicted molar refractivity (Wildman–Crippen MR) is 83.1 cm³/mol. The van der Waals surface area contributed by atoms with E-state index >= 15 is 0 Å². The van der Waals surface area contributed by atoms with Crippen molar-refractivity contribution in [3.05, 3.63) is 54.1 Å². The van der Waals surface area contributed by atoms with Crippen LogP contribution < -0.4 is 4.74 Å². The molecule has 0 bridgehead atoms. The highest BCUT2D eigenvalue weighted by Crippen LogP contribution is 2.21. The lowest BCUT2D eigenvalue weighted by molar-refractivity contribution is 0.414. The van der Waals surface area contributed by atoms with Crippen molar-refractivity contribution in [1.29, 1.82) is 0 Å². The lowest BCUT2D eigenvalue weighted by Crippen LogP contribution is -2.04. The molecule has 0 spiro atoms. The van der Waals surface area contributed by atoms with Crippen molar-refractivity contribution in [2.75, 3.05) is 7.11 Å². The third-order valence-electron chi connectivity index (χ3n) is 3.83. The first-order valence-electron chi connectivity index (χ1n) is 7.04. The van der Waals surface area contributed by atoms with Crippen LogP contribution in [0.15, 0.2) is 42.9 Å². The van der Waals surface area contributed by atoms with Crippen LogP contribution in [0.3, 0.4) is 0 Å². The summed E-state index contributed by atoms with van der Waals surface area (Å²) in [5, 5.41) is 5.38. The zero-order valence-electron chi connectivity index (χ0n) is 12.4. The second kappa shape index (κ2) is 4.84. The molecule has 0 radical (unpaired) electrons. The predicted octanol–water partition coefficient (Wildman–Crippen LogP) is 2.44. The molecule has 0 saturated heterocycles. The summed E-state index contributed by atoms with van der Waals surface area (Å²) in [6, 6.07) is 10.1. The molecule has 3 aromatic heterocycles. The molecule has 0 amide bonds. The number of ether oxygens (including phenoxy) is 1. The van der Waals surface area contributed by atoms with Crippen molar-refractivity contribution >= 4 is 16.8 Å². The van der Waals surface area contributed by atoms with Crippen molar-refractivity contribution in [3.8, 4) is 5.75 Å². The minimum absolute atomic E-state index is 0.625. The summed E-state index contributed by atoms with van der Waals surface area (Å²) < 4.78 is 9.14. The maximum atomic E-state index is 5.20. The molecule has 3 heterocycles. The summed E-state index contributed by atoms with van der Waals surface area (Å²) in [6.07, 6.45) is 3.59. The number of rotatable bonds is 3. The van der Waals surface area contributed by atoms with Gasteiger partial charge in [0.1, 0.15) is 17.7 Å². The third-order valence-corrected chi connectivity index (χ3v) is 3.83. The SMILES string of the molecule is COc1ccc(Cn2ccc3c(C)nc4ncnn4c32)cc1. The minimum atomic E-state index is 0.625. The van der Waals surface area contributed by atoms with Crippen molar-refractivity contribution in [1.82, 2.24) is 24.1 Å². The van der Waals surface area contributed by atoms with Gasteiger partial charge in [0.25, 0.3) is 5.78 Å². The Kier molecular flexibility index (Phi) is 2.82. The number of benzene rings is 1. The molecule has 1 aromatic carbocycles. The van der Waals surface area contributed by atoms with E-state index in [0.29, 0.717) is 5.78 Å². The van der Waals surface area contributed by atoms with Gasteiger partial charge in [-0.1, -0.05) is 12.1 Å². The Hall–Kier alpha value is -2.89. The van der Waals surface area contributed by atoms with Crippen molar-refractivity contribution in [2.24, 2.45) is 0 Å². The molecule has 6 nitrogen and oxygen atoms in total. The monoisotopic (exact) mass is 293 g/mol. The Morgan fingerprint density at radius 3 is 2.73 bits per heavy atom. The topological polar surface area (TPSA) is 57.2 Å². The molecule has 0 atom stereocenters. The Balaban J connectivity index is 1.84. The second-order valence-corrected chi connectivity index (χ2v) is 5.20. The highest BCUT2D eigenvalue weighted by molar-refractivity contribution is 5.80. The van der Waals surface area contributed by atoms with Gasteiger partial charge in [-0.05, 0) is 30.7 Å². The van der Waals surface area contributed by atoms with Gasteiger partial charge in [0.2, 0.25) is 0 Å². The number of nitrogens with zero attached hydrogens (tertiary/aromatic N) is 5. The number of aryl methyl sites for hydroxylation is 1. The molecule has 110 valence electrons. The van der Waals surface area contributed by atoms with Gasteiger partial charge in [-0.3, -0.25) is 0 Å². The summed E-state index contributed by atoms with van der Waals surface area (Å²) >= 11 is 0. The van der Waals surface area contributed by atoms with E-state index in [1.165, 1.54) is 11.9 Å². The Labute approximate surface area is 127 Å². The summed E-state index contributed by atoms with van der Waals surface area (Å²) in [7, 11) is 1.67. The molecule has 0 aliphatic carbocycles. The molecule has 0 saturated carbocycles. The van der Waals surface area contributed by atoms with E-state index in [0.717, 1.165) is 29.0 Å². The number of fused-ring (bicyclic) bond motifs is 3. The van der Waals surface area contributed by atoms with E-state index in [9.17, 15) is 0 Å². The highest BCUT2D eigenvalue weighted by Gasteiger charge is 2.11. The first-order valence-corrected chi connectivity index (χ1v) is 7.04. The molecule has 0 aliphatic rings. The van der Waals surface area contributed by atoms with Gasteiger partial charge in [-0.25, -0.2) is 4.98 Å². The van der Waals surface area contributed by atoms with Gasteiger partial charge < -0.3 is 9.30 Å². The van der Waals surface area contributed by atoms with Crippen LogP contribution in [0.2, 0.25) is 0 Å². The first kappa shape index (κ1) is 12.8. The number of hydrogen-bond donors (Lipinski definition) is 0. The van der Waals surface area contributed by atoms with E-state index in [2.05, 4.69) is 44.0 Å². The lowest BCUT2D eigenvalue weighted by Gasteiger charge is -2.08. The molecule has 0 aliphatic heterocycles.